The summed E-state index contributed by atoms with van der Waals surface area (Å²) >= 11 is 19.3. The minimum Gasteiger partial charge on any atom is -0.306 e. The Morgan fingerprint density at radius 3 is 2.53 bits per heavy atom. The molecule has 19 heavy (non-hydrogen) atoms. The zero-order chi connectivity index (χ0) is 14.0. The van der Waals surface area contributed by atoms with E-state index >= 15 is 0 Å². The lowest BCUT2D eigenvalue weighted by Gasteiger charge is -2.19. The molecule has 6 heteroatoms. The van der Waals surface area contributed by atoms with Crippen LogP contribution in [0.2, 0.25) is 13.7 Å². The lowest BCUT2D eigenvalue weighted by molar-refractivity contribution is 0.560. The van der Waals surface area contributed by atoms with Crippen LogP contribution < -0.4 is 5.32 Å². The summed E-state index contributed by atoms with van der Waals surface area (Å²) in [6.45, 7) is 2.61. The third-order valence-corrected chi connectivity index (χ3v) is 4.42. The third kappa shape index (κ3) is 3.41. The molecular formula is C13H11Cl3FNS. The van der Waals surface area contributed by atoms with Crippen LogP contribution in [0.5, 0.6) is 0 Å². The predicted molar refractivity (Wildman–Crippen MR) is 81.3 cm³/mol. The molecular weight excluding hydrogens is 328 g/mol. The molecule has 0 radical (unpaired) electrons. The van der Waals surface area contributed by atoms with E-state index in [0.29, 0.717) is 25.8 Å². The number of benzene rings is 1. The Bertz CT molecular complexity index is 585. The molecule has 0 bridgehead atoms. The Balaban J connectivity index is 2.51. The van der Waals surface area contributed by atoms with Crippen molar-refractivity contribution in [3.8, 4) is 0 Å². The summed E-state index contributed by atoms with van der Waals surface area (Å²) in [6.07, 6.45) is 0. The fourth-order valence-corrected chi connectivity index (χ4v) is 3.59. The van der Waals surface area contributed by atoms with Crippen LogP contribution in [0.15, 0.2) is 24.3 Å². The van der Waals surface area contributed by atoms with E-state index in [1.165, 1.54) is 23.5 Å². The largest absolute Gasteiger partial charge is 0.306 e. The van der Waals surface area contributed by atoms with Gasteiger partial charge in [0.1, 0.15) is 5.82 Å². The minimum atomic E-state index is -0.361. The van der Waals surface area contributed by atoms with Crippen molar-refractivity contribution in [1.29, 1.82) is 0 Å². The Kier molecular flexibility index (Phi) is 5.09. The fraction of sp³-hybridized carbons (Fsp3) is 0.231. The molecule has 0 fully saturated rings. The second-order valence-corrected chi connectivity index (χ2v) is 6.66. The standard InChI is InChI=1S/C13H11Cl3FNS/c1-2-18-12(9-6-11(15)19-13(9)16)8-5-7(14)3-4-10(8)17/h3-6,12,18H,2H2,1H3. The number of nitrogens with one attached hydrogen (secondary N) is 1. The lowest BCUT2D eigenvalue weighted by atomic mass is 10.0. The third-order valence-electron chi connectivity index (χ3n) is 2.67. The topological polar surface area (TPSA) is 12.0 Å². The SMILES string of the molecule is CCNC(c1cc(Cl)ccc1F)c1cc(Cl)sc1Cl. The van der Waals surface area contributed by atoms with Gasteiger partial charge in [0.05, 0.1) is 14.7 Å². The highest BCUT2D eigenvalue weighted by atomic mass is 35.5. The normalized spacial score (nSPS) is 12.7. The molecule has 1 atom stereocenters. The van der Waals surface area contributed by atoms with Crippen molar-refractivity contribution in [1.82, 2.24) is 5.32 Å². The Morgan fingerprint density at radius 1 is 1.21 bits per heavy atom. The van der Waals surface area contributed by atoms with Gasteiger partial charge in [0, 0.05) is 16.1 Å². The van der Waals surface area contributed by atoms with Gasteiger partial charge in [0.25, 0.3) is 0 Å². The van der Waals surface area contributed by atoms with Gasteiger partial charge in [-0.25, -0.2) is 4.39 Å². The summed E-state index contributed by atoms with van der Waals surface area (Å²) in [6, 6.07) is 5.86. The maximum atomic E-state index is 14.0. The van der Waals surface area contributed by atoms with E-state index in [4.69, 9.17) is 34.8 Å². The summed E-state index contributed by atoms with van der Waals surface area (Å²) in [5, 5.41) is 3.69. The van der Waals surface area contributed by atoms with Gasteiger partial charge in [-0.3, -0.25) is 0 Å². The molecule has 0 amide bonds. The van der Waals surface area contributed by atoms with Gasteiger partial charge in [-0.2, -0.15) is 0 Å². The van der Waals surface area contributed by atoms with Crippen molar-refractivity contribution in [3.63, 3.8) is 0 Å². The van der Waals surface area contributed by atoms with E-state index in [9.17, 15) is 4.39 Å². The van der Waals surface area contributed by atoms with Crippen LogP contribution in [0.1, 0.15) is 24.1 Å². The highest BCUT2D eigenvalue weighted by Gasteiger charge is 2.21. The molecule has 1 nitrogen and oxygen atoms in total. The van der Waals surface area contributed by atoms with E-state index < -0.39 is 0 Å². The molecule has 102 valence electrons. The average Bonchev–Trinajstić information content (AvgIpc) is 2.69. The number of hydrogen-bond acceptors (Lipinski definition) is 2. The Labute approximate surface area is 130 Å². The van der Waals surface area contributed by atoms with Crippen molar-refractivity contribution in [3.05, 3.63) is 54.9 Å². The first kappa shape index (κ1) is 15.1. The number of halogens is 4. The van der Waals surface area contributed by atoms with Crippen molar-refractivity contribution in [2.45, 2.75) is 13.0 Å². The van der Waals surface area contributed by atoms with Crippen LogP contribution in [0.25, 0.3) is 0 Å². The summed E-state index contributed by atoms with van der Waals surface area (Å²) in [5.74, 6) is -0.325. The molecule has 2 rings (SSSR count). The zero-order valence-electron chi connectivity index (χ0n) is 10.0. The van der Waals surface area contributed by atoms with Crippen LogP contribution in [0.4, 0.5) is 4.39 Å². The molecule has 0 aliphatic rings. The molecule has 1 N–H and O–H groups in total. The first-order valence-electron chi connectivity index (χ1n) is 5.66. The monoisotopic (exact) mass is 337 g/mol. The van der Waals surface area contributed by atoms with E-state index in [1.807, 2.05) is 6.92 Å². The summed E-state index contributed by atoms with van der Waals surface area (Å²) in [7, 11) is 0. The lowest BCUT2D eigenvalue weighted by Crippen LogP contribution is -2.22. The van der Waals surface area contributed by atoms with Gasteiger partial charge in [-0.1, -0.05) is 41.7 Å². The molecule has 2 aromatic rings. The van der Waals surface area contributed by atoms with Crippen molar-refractivity contribution < 1.29 is 4.39 Å². The highest BCUT2D eigenvalue weighted by molar-refractivity contribution is 7.20. The predicted octanol–water partition coefficient (Wildman–Crippen LogP) is 5.55. The van der Waals surface area contributed by atoms with Crippen molar-refractivity contribution in [2.24, 2.45) is 0 Å². The summed E-state index contributed by atoms with van der Waals surface area (Å²) in [5.41, 5.74) is 1.23. The molecule has 0 saturated heterocycles. The van der Waals surface area contributed by atoms with Gasteiger partial charge >= 0.3 is 0 Å². The quantitative estimate of drug-likeness (QED) is 0.771. The number of hydrogen-bond donors (Lipinski definition) is 1. The molecule has 1 aromatic carbocycles. The van der Waals surface area contributed by atoms with Crippen molar-refractivity contribution in [2.75, 3.05) is 6.54 Å². The Hall–Kier alpha value is -0.320. The number of thiophene rings is 1. The molecule has 1 aromatic heterocycles. The van der Waals surface area contributed by atoms with Crippen LogP contribution >= 0.6 is 46.1 Å². The van der Waals surface area contributed by atoms with Crippen LogP contribution in [0, 0.1) is 5.82 Å². The molecule has 0 aliphatic heterocycles. The highest BCUT2D eigenvalue weighted by Crippen LogP contribution is 2.38. The smallest absolute Gasteiger partial charge is 0.128 e. The molecule has 0 saturated carbocycles. The van der Waals surface area contributed by atoms with Crippen LogP contribution in [-0.2, 0) is 0 Å². The number of rotatable bonds is 4. The first-order valence-corrected chi connectivity index (χ1v) is 7.61. The zero-order valence-corrected chi connectivity index (χ0v) is 13.1. The van der Waals surface area contributed by atoms with Gasteiger partial charge in [-0.05, 0) is 30.8 Å². The summed E-state index contributed by atoms with van der Waals surface area (Å²) < 4.78 is 15.1. The average molecular weight is 339 g/mol. The molecule has 1 heterocycles. The summed E-state index contributed by atoms with van der Waals surface area (Å²) in [4.78, 5) is 0. The first-order chi connectivity index (χ1) is 9.02. The molecule has 0 aliphatic carbocycles. The maximum absolute atomic E-state index is 14.0. The Morgan fingerprint density at radius 2 is 1.95 bits per heavy atom. The van der Waals surface area contributed by atoms with Gasteiger partial charge in [-0.15, -0.1) is 11.3 Å². The van der Waals surface area contributed by atoms with Gasteiger partial charge in [0.15, 0.2) is 0 Å². The minimum absolute atomic E-state index is 0.325. The molecule has 0 spiro atoms. The van der Waals surface area contributed by atoms with E-state index in [2.05, 4.69) is 5.32 Å². The fourth-order valence-electron chi connectivity index (χ4n) is 1.88. The second kappa shape index (κ2) is 6.42. The van der Waals surface area contributed by atoms with E-state index in [1.54, 1.807) is 12.1 Å². The van der Waals surface area contributed by atoms with Gasteiger partial charge < -0.3 is 5.32 Å². The van der Waals surface area contributed by atoms with Gasteiger partial charge in [0.2, 0.25) is 0 Å². The molecule has 1 unspecified atom stereocenters. The maximum Gasteiger partial charge on any atom is 0.128 e. The van der Waals surface area contributed by atoms with Crippen molar-refractivity contribution >= 4 is 46.1 Å². The van der Waals surface area contributed by atoms with Crippen LogP contribution in [-0.4, -0.2) is 6.54 Å². The van der Waals surface area contributed by atoms with E-state index in [-0.39, 0.29) is 11.9 Å². The van der Waals surface area contributed by atoms with E-state index in [0.717, 1.165) is 5.56 Å². The second-order valence-electron chi connectivity index (χ2n) is 3.94. The van der Waals surface area contributed by atoms with Crippen LogP contribution in [0.3, 0.4) is 0 Å².